The van der Waals surface area contributed by atoms with Gasteiger partial charge in [-0.15, -0.1) is 0 Å². The molecule has 2 aromatic carbocycles. The van der Waals surface area contributed by atoms with Gasteiger partial charge in [-0.2, -0.15) is 13.2 Å². The molecule has 0 radical (unpaired) electrons. The number of piperazine rings is 1. The summed E-state index contributed by atoms with van der Waals surface area (Å²) in [6, 6.07) is 13.1. The van der Waals surface area contributed by atoms with Crippen LogP contribution in [0.1, 0.15) is 15.9 Å². The number of nitrogens with zero attached hydrogens (tertiary/aromatic N) is 2. The van der Waals surface area contributed by atoms with Gasteiger partial charge in [0.15, 0.2) is 0 Å². The van der Waals surface area contributed by atoms with Crippen LogP contribution < -0.4 is 4.90 Å². The Morgan fingerprint density at radius 2 is 1.56 bits per heavy atom. The van der Waals surface area contributed by atoms with Crippen molar-refractivity contribution in [1.82, 2.24) is 4.90 Å². The lowest BCUT2D eigenvalue weighted by Crippen LogP contribution is -2.52. The SMILES string of the molecule is O=C(c1ccc(C(F)(F)F)cc1)N1CCN(c2ccccc2)C(=O)C1. The van der Waals surface area contributed by atoms with Crippen LogP contribution in [0.15, 0.2) is 54.6 Å². The molecule has 2 aromatic rings. The first-order chi connectivity index (χ1) is 11.9. The smallest absolute Gasteiger partial charge is 0.328 e. The van der Waals surface area contributed by atoms with Crippen molar-refractivity contribution in [3.8, 4) is 0 Å². The molecule has 0 saturated carbocycles. The van der Waals surface area contributed by atoms with E-state index in [4.69, 9.17) is 0 Å². The Labute approximate surface area is 142 Å². The van der Waals surface area contributed by atoms with E-state index in [9.17, 15) is 22.8 Å². The molecule has 1 heterocycles. The fourth-order valence-corrected chi connectivity index (χ4v) is 2.71. The lowest BCUT2D eigenvalue weighted by Gasteiger charge is -2.34. The molecule has 1 fully saturated rings. The van der Waals surface area contributed by atoms with Gasteiger partial charge in [-0.3, -0.25) is 9.59 Å². The average molecular weight is 348 g/mol. The van der Waals surface area contributed by atoms with Gasteiger partial charge in [0.05, 0.1) is 5.56 Å². The normalized spacial score (nSPS) is 15.4. The van der Waals surface area contributed by atoms with Gasteiger partial charge < -0.3 is 9.80 Å². The first-order valence-electron chi connectivity index (χ1n) is 7.68. The maximum Gasteiger partial charge on any atom is 0.416 e. The van der Waals surface area contributed by atoms with Gasteiger partial charge >= 0.3 is 6.18 Å². The number of para-hydroxylation sites is 1. The van der Waals surface area contributed by atoms with E-state index in [1.54, 1.807) is 4.90 Å². The number of hydrogen-bond donors (Lipinski definition) is 0. The standard InChI is InChI=1S/C18H15F3N2O2/c19-18(20,21)14-8-6-13(7-9-14)17(25)22-10-11-23(16(24)12-22)15-4-2-1-3-5-15/h1-9H,10-12H2. The Morgan fingerprint density at radius 3 is 2.12 bits per heavy atom. The van der Waals surface area contributed by atoms with Crippen LogP contribution in [-0.2, 0) is 11.0 Å². The molecule has 2 amide bonds. The van der Waals surface area contributed by atoms with Crippen molar-refractivity contribution in [2.75, 3.05) is 24.5 Å². The van der Waals surface area contributed by atoms with Crippen molar-refractivity contribution in [1.29, 1.82) is 0 Å². The van der Waals surface area contributed by atoms with Crippen LogP contribution in [0.25, 0.3) is 0 Å². The highest BCUT2D eigenvalue weighted by Gasteiger charge is 2.31. The van der Waals surface area contributed by atoms with E-state index in [0.717, 1.165) is 30.0 Å². The summed E-state index contributed by atoms with van der Waals surface area (Å²) < 4.78 is 37.8. The third-order valence-electron chi connectivity index (χ3n) is 4.03. The maximum atomic E-state index is 12.6. The fourth-order valence-electron chi connectivity index (χ4n) is 2.71. The second-order valence-electron chi connectivity index (χ2n) is 5.68. The second-order valence-corrected chi connectivity index (χ2v) is 5.68. The molecule has 0 aliphatic carbocycles. The van der Waals surface area contributed by atoms with Crippen molar-refractivity contribution < 1.29 is 22.8 Å². The third-order valence-corrected chi connectivity index (χ3v) is 4.03. The van der Waals surface area contributed by atoms with Crippen molar-refractivity contribution in [2.24, 2.45) is 0 Å². The molecule has 0 bridgehead atoms. The Morgan fingerprint density at radius 1 is 0.920 bits per heavy atom. The van der Waals surface area contributed by atoms with Crippen LogP contribution in [0.5, 0.6) is 0 Å². The minimum atomic E-state index is -4.45. The molecule has 25 heavy (non-hydrogen) atoms. The number of hydrogen-bond acceptors (Lipinski definition) is 2. The van der Waals surface area contributed by atoms with Gasteiger partial charge in [0, 0.05) is 24.3 Å². The molecule has 0 unspecified atom stereocenters. The molecule has 4 nitrogen and oxygen atoms in total. The predicted molar refractivity (Wildman–Crippen MR) is 86.1 cm³/mol. The van der Waals surface area contributed by atoms with Crippen LogP contribution in [0, 0.1) is 0 Å². The largest absolute Gasteiger partial charge is 0.416 e. The predicted octanol–water partition coefficient (Wildman–Crippen LogP) is 3.19. The van der Waals surface area contributed by atoms with Crippen LogP contribution in [-0.4, -0.2) is 36.3 Å². The number of alkyl halides is 3. The molecule has 0 aromatic heterocycles. The molecule has 0 spiro atoms. The number of carbonyl (C=O) groups excluding carboxylic acids is 2. The maximum absolute atomic E-state index is 12.6. The lowest BCUT2D eigenvalue weighted by molar-refractivity contribution is -0.137. The summed E-state index contributed by atoms with van der Waals surface area (Å²) >= 11 is 0. The van der Waals surface area contributed by atoms with Crippen LogP contribution in [0.3, 0.4) is 0 Å². The summed E-state index contributed by atoms with van der Waals surface area (Å²) in [6.45, 7) is 0.560. The van der Waals surface area contributed by atoms with E-state index >= 15 is 0 Å². The molecular formula is C18H15F3N2O2. The summed E-state index contributed by atoms with van der Waals surface area (Å²) in [5.41, 5.74) is 0.0807. The summed E-state index contributed by atoms with van der Waals surface area (Å²) in [4.78, 5) is 27.7. The molecule has 1 aliphatic heterocycles. The molecule has 1 aliphatic rings. The van der Waals surface area contributed by atoms with Crippen molar-refractivity contribution >= 4 is 17.5 Å². The summed E-state index contributed by atoms with van der Waals surface area (Å²) in [5, 5.41) is 0. The Balaban J connectivity index is 1.70. The minimum absolute atomic E-state index is 0.102. The zero-order chi connectivity index (χ0) is 18.0. The van der Waals surface area contributed by atoms with E-state index in [1.165, 1.54) is 4.90 Å². The zero-order valence-corrected chi connectivity index (χ0v) is 13.2. The highest BCUT2D eigenvalue weighted by Crippen LogP contribution is 2.29. The average Bonchev–Trinajstić information content (AvgIpc) is 2.61. The van der Waals surface area contributed by atoms with E-state index in [0.29, 0.717) is 13.1 Å². The summed E-state index contributed by atoms with van der Waals surface area (Å²) in [6.07, 6.45) is -4.45. The van der Waals surface area contributed by atoms with Crippen molar-refractivity contribution in [2.45, 2.75) is 6.18 Å². The Kier molecular flexibility index (Phi) is 4.48. The third kappa shape index (κ3) is 3.65. The van der Waals surface area contributed by atoms with E-state index in [1.807, 2.05) is 30.3 Å². The molecule has 1 saturated heterocycles. The van der Waals surface area contributed by atoms with E-state index in [-0.39, 0.29) is 18.0 Å². The summed E-state index contributed by atoms with van der Waals surface area (Å²) in [5.74, 6) is -0.674. The van der Waals surface area contributed by atoms with Gasteiger partial charge in [-0.05, 0) is 36.4 Å². The number of amides is 2. The number of anilines is 1. The molecule has 0 atom stereocenters. The molecule has 3 rings (SSSR count). The monoisotopic (exact) mass is 348 g/mol. The number of rotatable bonds is 2. The quantitative estimate of drug-likeness (QED) is 0.836. The van der Waals surface area contributed by atoms with Gasteiger partial charge in [0.2, 0.25) is 5.91 Å². The number of halogens is 3. The Hall–Kier alpha value is -2.83. The van der Waals surface area contributed by atoms with Crippen molar-refractivity contribution in [3.05, 3.63) is 65.7 Å². The molecule has 7 heteroatoms. The van der Waals surface area contributed by atoms with Crippen LogP contribution >= 0.6 is 0 Å². The molecule has 130 valence electrons. The topological polar surface area (TPSA) is 40.6 Å². The highest BCUT2D eigenvalue weighted by molar-refractivity contribution is 6.01. The molecule has 0 N–H and O–H groups in total. The van der Waals surface area contributed by atoms with Gasteiger partial charge in [0.25, 0.3) is 5.91 Å². The van der Waals surface area contributed by atoms with E-state index in [2.05, 4.69) is 0 Å². The lowest BCUT2D eigenvalue weighted by atomic mass is 10.1. The van der Waals surface area contributed by atoms with Crippen LogP contribution in [0.4, 0.5) is 18.9 Å². The minimum Gasteiger partial charge on any atom is -0.328 e. The van der Waals surface area contributed by atoms with E-state index < -0.39 is 17.6 Å². The highest BCUT2D eigenvalue weighted by atomic mass is 19.4. The summed E-state index contributed by atoms with van der Waals surface area (Å²) in [7, 11) is 0. The fraction of sp³-hybridized carbons (Fsp3) is 0.222. The Bertz CT molecular complexity index is 773. The zero-order valence-electron chi connectivity index (χ0n) is 13.2. The first kappa shape index (κ1) is 17.0. The number of carbonyl (C=O) groups is 2. The first-order valence-corrected chi connectivity index (χ1v) is 7.68. The number of benzene rings is 2. The van der Waals surface area contributed by atoms with Gasteiger partial charge in [0.1, 0.15) is 6.54 Å². The van der Waals surface area contributed by atoms with Crippen LogP contribution in [0.2, 0.25) is 0 Å². The second kappa shape index (κ2) is 6.58. The molecular weight excluding hydrogens is 333 g/mol. The van der Waals surface area contributed by atoms with Gasteiger partial charge in [-0.1, -0.05) is 18.2 Å². The van der Waals surface area contributed by atoms with Gasteiger partial charge in [-0.25, -0.2) is 0 Å². The van der Waals surface area contributed by atoms with Crippen molar-refractivity contribution in [3.63, 3.8) is 0 Å².